The number of hydrogen-bond acceptors (Lipinski definition) is 3. The number of thiophene rings is 1. The van der Waals surface area contributed by atoms with Gasteiger partial charge in [-0.15, -0.1) is 11.3 Å². The van der Waals surface area contributed by atoms with E-state index in [1.807, 2.05) is 0 Å². The maximum Gasteiger partial charge on any atom is 0.345 e. The fourth-order valence-corrected chi connectivity index (χ4v) is 2.86. The number of halogens is 2. The monoisotopic (exact) mass is 329 g/mol. The smallest absolute Gasteiger partial charge is 0.345 e. The molecule has 0 spiro atoms. The zero-order valence-corrected chi connectivity index (χ0v) is 12.4. The van der Waals surface area contributed by atoms with Gasteiger partial charge in [-0.05, 0) is 29.8 Å². The van der Waals surface area contributed by atoms with E-state index in [1.165, 1.54) is 6.07 Å². The molecular weight excluding hydrogens is 321 g/mol. The average Bonchev–Trinajstić information content (AvgIpc) is 2.82. The van der Waals surface area contributed by atoms with E-state index in [1.54, 1.807) is 24.3 Å². The van der Waals surface area contributed by atoms with E-state index in [2.05, 4.69) is 5.32 Å². The molecule has 0 radical (unpaired) electrons. The van der Waals surface area contributed by atoms with Crippen LogP contribution in [0.15, 0.2) is 30.3 Å². The number of carboxylic acids is 1. The first-order chi connectivity index (χ1) is 9.47. The summed E-state index contributed by atoms with van der Waals surface area (Å²) >= 11 is 13.0. The van der Waals surface area contributed by atoms with Crippen LogP contribution >= 0.6 is 34.5 Å². The van der Waals surface area contributed by atoms with Gasteiger partial charge in [0.2, 0.25) is 5.91 Å². The second-order valence-corrected chi connectivity index (χ2v) is 5.79. The Morgan fingerprint density at radius 3 is 2.35 bits per heavy atom. The number of nitrogens with one attached hydrogen (secondary N) is 1. The number of rotatable bonds is 4. The molecule has 0 saturated carbocycles. The van der Waals surface area contributed by atoms with Crippen LogP contribution < -0.4 is 5.32 Å². The first-order valence-corrected chi connectivity index (χ1v) is 7.10. The van der Waals surface area contributed by atoms with Gasteiger partial charge in [0.05, 0.1) is 11.4 Å². The largest absolute Gasteiger partial charge is 0.477 e. The summed E-state index contributed by atoms with van der Waals surface area (Å²) in [5.41, 5.74) is 0.545. The zero-order valence-electron chi connectivity index (χ0n) is 10.0. The number of amides is 1. The molecule has 0 aliphatic carbocycles. The molecule has 2 rings (SSSR count). The lowest BCUT2D eigenvalue weighted by Crippen LogP contribution is -2.14. The van der Waals surface area contributed by atoms with Crippen LogP contribution in [-0.4, -0.2) is 17.0 Å². The van der Waals surface area contributed by atoms with Crippen molar-refractivity contribution < 1.29 is 14.7 Å². The van der Waals surface area contributed by atoms with Gasteiger partial charge in [0, 0.05) is 10.0 Å². The lowest BCUT2D eigenvalue weighted by Gasteiger charge is -2.06. The minimum absolute atomic E-state index is 0.0266. The first-order valence-electron chi connectivity index (χ1n) is 5.53. The second-order valence-electron chi connectivity index (χ2n) is 3.89. The van der Waals surface area contributed by atoms with E-state index in [9.17, 15) is 9.59 Å². The summed E-state index contributed by atoms with van der Waals surface area (Å²) in [5.74, 6) is -1.33. The van der Waals surface area contributed by atoms with Crippen LogP contribution in [0.25, 0.3) is 0 Å². The van der Waals surface area contributed by atoms with E-state index >= 15 is 0 Å². The van der Waals surface area contributed by atoms with Gasteiger partial charge in [-0.3, -0.25) is 4.79 Å². The molecule has 0 fully saturated rings. The van der Waals surface area contributed by atoms with Crippen molar-refractivity contribution in [3.8, 4) is 0 Å². The second kappa shape index (κ2) is 6.26. The van der Waals surface area contributed by atoms with E-state index < -0.39 is 5.97 Å². The number of aromatic carboxylic acids is 1. The Morgan fingerprint density at radius 2 is 1.80 bits per heavy atom. The molecule has 1 amide bonds. The maximum absolute atomic E-state index is 11.9. The van der Waals surface area contributed by atoms with Gasteiger partial charge in [-0.2, -0.15) is 0 Å². The summed E-state index contributed by atoms with van der Waals surface area (Å²) in [5, 5.41) is 12.7. The predicted molar refractivity (Wildman–Crippen MR) is 80.1 cm³/mol. The number of anilines is 1. The first kappa shape index (κ1) is 14.8. The van der Waals surface area contributed by atoms with Crippen LogP contribution in [-0.2, 0) is 11.2 Å². The highest BCUT2D eigenvalue weighted by molar-refractivity contribution is 7.18. The lowest BCUT2D eigenvalue weighted by atomic mass is 10.1. The molecule has 7 heteroatoms. The third-order valence-electron chi connectivity index (χ3n) is 2.48. The number of carbonyl (C=O) groups is 2. The van der Waals surface area contributed by atoms with E-state index in [4.69, 9.17) is 28.3 Å². The number of hydrogen-bond donors (Lipinski definition) is 2. The van der Waals surface area contributed by atoms with E-state index in [0.29, 0.717) is 20.6 Å². The molecule has 2 N–H and O–H groups in total. The maximum atomic E-state index is 11.9. The Bertz CT molecular complexity index is 649. The van der Waals surface area contributed by atoms with Crippen LogP contribution in [0.3, 0.4) is 0 Å². The van der Waals surface area contributed by atoms with Gasteiger partial charge in [-0.1, -0.05) is 29.3 Å². The van der Waals surface area contributed by atoms with Gasteiger partial charge >= 0.3 is 5.97 Å². The SMILES string of the molecule is O=C(Cc1c(Cl)cccc1Cl)Nc1ccc(C(=O)O)s1. The third-order valence-corrected chi connectivity index (χ3v) is 4.18. The van der Waals surface area contributed by atoms with Crippen molar-refractivity contribution in [2.75, 3.05) is 5.32 Å². The van der Waals surface area contributed by atoms with Crippen LogP contribution in [0.4, 0.5) is 5.00 Å². The molecule has 0 atom stereocenters. The fraction of sp³-hybridized carbons (Fsp3) is 0.0769. The van der Waals surface area contributed by atoms with Gasteiger partial charge < -0.3 is 10.4 Å². The minimum Gasteiger partial charge on any atom is -0.477 e. The normalized spacial score (nSPS) is 10.3. The topological polar surface area (TPSA) is 66.4 Å². The highest BCUT2D eigenvalue weighted by Crippen LogP contribution is 2.26. The number of carboxylic acid groups (broad SMARTS) is 1. The Labute approximate surface area is 128 Å². The fourth-order valence-electron chi connectivity index (χ4n) is 1.56. The summed E-state index contributed by atoms with van der Waals surface area (Å²) < 4.78 is 0. The Balaban J connectivity index is 2.07. The third kappa shape index (κ3) is 3.50. The van der Waals surface area contributed by atoms with Gasteiger partial charge in [-0.25, -0.2) is 4.79 Å². The van der Waals surface area contributed by atoms with Crippen molar-refractivity contribution in [2.24, 2.45) is 0 Å². The molecule has 20 heavy (non-hydrogen) atoms. The van der Waals surface area contributed by atoms with Crippen LogP contribution in [0.2, 0.25) is 10.0 Å². The molecule has 0 aliphatic rings. The summed E-state index contributed by atoms with van der Waals surface area (Å²) in [7, 11) is 0. The van der Waals surface area contributed by atoms with Crippen molar-refractivity contribution in [3.05, 3.63) is 50.8 Å². The Morgan fingerprint density at radius 1 is 1.15 bits per heavy atom. The van der Waals surface area contributed by atoms with Crippen molar-refractivity contribution in [1.82, 2.24) is 0 Å². The van der Waals surface area contributed by atoms with Crippen molar-refractivity contribution in [3.63, 3.8) is 0 Å². The molecule has 0 bridgehead atoms. The number of benzene rings is 1. The lowest BCUT2D eigenvalue weighted by molar-refractivity contribution is -0.115. The van der Waals surface area contributed by atoms with Gasteiger partial charge in [0.1, 0.15) is 4.88 Å². The van der Waals surface area contributed by atoms with Crippen molar-refractivity contribution in [1.29, 1.82) is 0 Å². The molecule has 1 aromatic heterocycles. The zero-order chi connectivity index (χ0) is 14.7. The molecule has 4 nitrogen and oxygen atoms in total. The molecule has 2 aromatic rings. The van der Waals surface area contributed by atoms with E-state index in [-0.39, 0.29) is 17.2 Å². The number of carbonyl (C=O) groups excluding carboxylic acids is 1. The van der Waals surface area contributed by atoms with Crippen molar-refractivity contribution >= 4 is 51.4 Å². The highest BCUT2D eigenvalue weighted by Gasteiger charge is 2.13. The summed E-state index contributed by atoms with van der Waals surface area (Å²) in [6.07, 6.45) is 0.0266. The Kier molecular flexibility index (Phi) is 4.65. The molecule has 104 valence electrons. The summed E-state index contributed by atoms with van der Waals surface area (Å²) in [4.78, 5) is 22.8. The summed E-state index contributed by atoms with van der Waals surface area (Å²) in [6, 6.07) is 7.99. The van der Waals surface area contributed by atoms with Crippen LogP contribution in [0, 0.1) is 0 Å². The van der Waals surface area contributed by atoms with Crippen LogP contribution in [0.1, 0.15) is 15.2 Å². The Hall–Kier alpha value is -1.56. The molecule has 0 aliphatic heterocycles. The predicted octanol–water partition coefficient (Wildman–Crippen LogP) is 3.93. The highest BCUT2D eigenvalue weighted by atomic mass is 35.5. The van der Waals surface area contributed by atoms with Gasteiger partial charge in [0.25, 0.3) is 0 Å². The quantitative estimate of drug-likeness (QED) is 0.892. The van der Waals surface area contributed by atoms with E-state index in [0.717, 1.165) is 11.3 Å². The molecule has 1 aromatic carbocycles. The van der Waals surface area contributed by atoms with Gasteiger partial charge in [0.15, 0.2) is 0 Å². The standard InChI is InChI=1S/C13H9Cl2NO3S/c14-8-2-1-3-9(15)7(8)6-11(17)16-12-5-4-10(20-12)13(18)19/h1-5H,6H2,(H,16,17)(H,18,19). The molecule has 1 heterocycles. The molecule has 0 saturated heterocycles. The van der Waals surface area contributed by atoms with Crippen LogP contribution in [0.5, 0.6) is 0 Å². The molecule has 0 unspecified atom stereocenters. The summed E-state index contributed by atoms with van der Waals surface area (Å²) in [6.45, 7) is 0. The molecular formula is C13H9Cl2NO3S. The average molecular weight is 330 g/mol. The van der Waals surface area contributed by atoms with Crippen molar-refractivity contribution in [2.45, 2.75) is 6.42 Å². The minimum atomic E-state index is -1.02.